The zero-order valence-corrected chi connectivity index (χ0v) is 43.6. The molecular formula is C55H76MgN4O6-2. The third-order valence-electron chi connectivity index (χ3n) is 14.9. The molecule has 5 heterocycles. The van der Waals surface area contributed by atoms with Gasteiger partial charge in [0.2, 0.25) is 0 Å². The normalized spacial score (nSPS) is 26.0. The number of fused-ring (bicyclic) bond motifs is 7. The summed E-state index contributed by atoms with van der Waals surface area (Å²) in [7, 11) is 1.29. The molecule has 3 aliphatic heterocycles. The van der Waals surface area contributed by atoms with Crippen LogP contribution >= 0.6 is 0 Å². The number of Topliss-reactive ketones (excluding diaryl/α,β-unsaturated/α-hetero) is 1. The van der Waals surface area contributed by atoms with Crippen LogP contribution in [-0.4, -0.2) is 59.6 Å². The molecule has 0 amide bonds. The minimum atomic E-state index is -1.23. The summed E-state index contributed by atoms with van der Waals surface area (Å²) in [6.07, 6.45) is 19.7. The van der Waals surface area contributed by atoms with Crippen LogP contribution in [0.1, 0.15) is 195 Å². The molecule has 2 aromatic rings. The summed E-state index contributed by atoms with van der Waals surface area (Å²) in [4.78, 5) is 51.6. The van der Waals surface area contributed by atoms with Gasteiger partial charge >= 0.3 is 35.0 Å². The van der Waals surface area contributed by atoms with E-state index in [1.165, 1.54) is 57.6 Å². The Bertz CT molecular complexity index is 2230. The number of hydrogen-bond acceptors (Lipinski definition) is 6. The van der Waals surface area contributed by atoms with Crippen LogP contribution in [0.25, 0.3) is 34.4 Å². The molecule has 8 unspecified atom stereocenters. The molecule has 4 aliphatic rings. The fourth-order valence-electron chi connectivity index (χ4n) is 10.7. The Balaban J connectivity index is 0.00000817. The molecule has 0 saturated carbocycles. The summed E-state index contributed by atoms with van der Waals surface area (Å²) in [5.74, 6) is -0.639. The van der Waals surface area contributed by atoms with E-state index in [4.69, 9.17) is 30.1 Å². The minimum Gasteiger partial charge on any atom is -0.664 e. The van der Waals surface area contributed by atoms with Crippen molar-refractivity contribution in [2.24, 2.45) is 47.3 Å². The first-order chi connectivity index (χ1) is 30.9. The Morgan fingerprint density at radius 1 is 0.788 bits per heavy atom. The number of rotatable bonds is 20. The van der Waals surface area contributed by atoms with Crippen LogP contribution in [-0.2, 0) is 19.1 Å². The minimum absolute atomic E-state index is 0. The van der Waals surface area contributed by atoms with Crippen LogP contribution in [0.5, 0.6) is 0 Å². The number of hydrogen-bond donors (Lipinski definition) is 1. The van der Waals surface area contributed by atoms with Crippen molar-refractivity contribution in [3.8, 4) is 0 Å². The zero-order chi connectivity index (χ0) is 47.3. The fourth-order valence-corrected chi connectivity index (χ4v) is 10.7. The molecule has 0 spiro atoms. The smallest absolute Gasteiger partial charge is 0.664 e. The van der Waals surface area contributed by atoms with E-state index < -0.39 is 18.0 Å². The molecule has 2 saturated heterocycles. The largest absolute Gasteiger partial charge is 2.00 e. The fraction of sp³-hybridized carbons (Fsp3) is 0.618. The number of carbonyl (C=O) groups excluding carboxylic acids is 3. The number of ketones is 1. The Morgan fingerprint density at radius 3 is 2.02 bits per heavy atom. The maximum absolute atomic E-state index is 14.4. The van der Waals surface area contributed by atoms with Gasteiger partial charge in [0.05, 0.1) is 13.2 Å². The van der Waals surface area contributed by atoms with Crippen molar-refractivity contribution in [3.63, 3.8) is 0 Å². The van der Waals surface area contributed by atoms with Crippen LogP contribution in [0, 0.1) is 61.2 Å². The molecule has 356 valence electrons. The van der Waals surface area contributed by atoms with Crippen molar-refractivity contribution in [2.45, 2.75) is 159 Å². The monoisotopic (exact) mass is 913 g/mol. The molecule has 8 atom stereocenters. The van der Waals surface area contributed by atoms with Crippen LogP contribution in [0.2, 0.25) is 0 Å². The van der Waals surface area contributed by atoms with E-state index in [-0.39, 0.29) is 71.5 Å². The number of nitrogens with zero attached hydrogens (tertiary/aromatic N) is 4. The maximum atomic E-state index is 14.4. The SMILES string of the molecule is CCC1/C2=C/c3[n-]c4c(c3C)C(=O)C(C(=O)OC)/C4=C3/[N-]/C(=C\c4[n-]c(c(C(C)O)c4C)/C=C(\[N-]2)C1C)C(C)C3CCC(=O)OC/C=C(\C)CCCC(C)CCCC(C)CCCC(C)C.[Mg+2]. The number of esters is 2. The number of aliphatic hydroxyl groups excluding tert-OH is 1. The summed E-state index contributed by atoms with van der Waals surface area (Å²) in [5.41, 5.74) is 9.74. The van der Waals surface area contributed by atoms with Crippen LogP contribution in [0.4, 0.5) is 0 Å². The van der Waals surface area contributed by atoms with Gasteiger partial charge in [-0.15, -0.1) is 22.8 Å². The van der Waals surface area contributed by atoms with Crippen LogP contribution < -0.4 is 9.97 Å². The molecule has 10 nitrogen and oxygen atoms in total. The van der Waals surface area contributed by atoms with E-state index in [1.807, 2.05) is 38.2 Å². The molecule has 11 heteroatoms. The average Bonchev–Trinajstić information content (AvgIpc) is 4.00. The Hall–Kier alpha value is -3.80. The van der Waals surface area contributed by atoms with Gasteiger partial charge < -0.3 is 35.2 Å². The van der Waals surface area contributed by atoms with Crippen molar-refractivity contribution in [3.05, 3.63) is 90.1 Å². The van der Waals surface area contributed by atoms with Crippen LogP contribution in [0.15, 0.2) is 34.4 Å². The Kier molecular flexibility index (Phi) is 18.9. The summed E-state index contributed by atoms with van der Waals surface area (Å²) >= 11 is 0. The molecule has 0 radical (unpaired) electrons. The molecule has 8 bridgehead atoms. The van der Waals surface area contributed by atoms with Gasteiger partial charge in [-0.1, -0.05) is 140 Å². The van der Waals surface area contributed by atoms with Crippen molar-refractivity contribution >= 4 is 64.6 Å². The van der Waals surface area contributed by atoms with E-state index in [0.29, 0.717) is 63.2 Å². The topological polar surface area (TPSA) is 146 Å². The number of ether oxygens (including phenoxy) is 2. The van der Waals surface area contributed by atoms with E-state index in [2.05, 4.69) is 55.4 Å². The summed E-state index contributed by atoms with van der Waals surface area (Å²) in [6, 6.07) is 0. The summed E-state index contributed by atoms with van der Waals surface area (Å²) in [6.45, 7) is 23.7. The third-order valence-corrected chi connectivity index (χ3v) is 14.9. The second-order valence-electron chi connectivity index (χ2n) is 20.3. The van der Waals surface area contributed by atoms with Crippen molar-refractivity contribution in [2.75, 3.05) is 13.7 Å². The van der Waals surface area contributed by atoms with Gasteiger partial charge in [-0.3, -0.25) is 14.4 Å². The van der Waals surface area contributed by atoms with Crippen molar-refractivity contribution in [1.82, 2.24) is 9.97 Å². The Morgan fingerprint density at radius 2 is 1.38 bits per heavy atom. The molecule has 1 N–H and O–H groups in total. The van der Waals surface area contributed by atoms with Gasteiger partial charge in [-0.05, 0) is 100 Å². The first-order valence-electron chi connectivity index (χ1n) is 24.7. The van der Waals surface area contributed by atoms with Gasteiger partial charge in [-0.2, -0.15) is 22.8 Å². The van der Waals surface area contributed by atoms with Gasteiger partial charge in [0.1, 0.15) is 12.5 Å². The third kappa shape index (κ3) is 11.9. The predicted molar refractivity (Wildman–Crippen MR) is 267 cm³/mol. The van der Waals surface area contributed by atoms with Crippen molar-refractivity contribution in [1.29, 1.82) is 0 Å². The molecule has 0 aromatic carbocycles. The number of aromatic nitrogens is 2. The number of allylic oxidation sites excluding steroid dienone is 5. The molecule has 6 rings (SSSR count). The molecule has 2 aromatic heterocycles. The number of aliphatic hydroxyl groups is 1. The predicted octanol–water partition coefficient (Wildman–Crippen LogP) is 12.7. The Labute approximate surface area is 411 Å². The summed E-state index contributed by atoms with van der Waals surface area (Å²) in [5, 5.41) is 21.4. The average molecular weight is 914 g/mol. The second kappa shape index (κ2) is 23.5. The molecular weight excluding hydrogens is 837 g/mol. The first-order valence-corrected chi connectivity index (χ1v) is 24.7. The first kappa shape index (κ1) is 53.2. The molecule has 1 aliphatic carbocycles. The molecule has 2 fully saturated rings. The second-order valence-corrected chi connectivity index (χ2v) is 20.3. The van der Waals surface area contributed by atoms with Crippen LogP contribution in [0.3, 0.4) is 0 Å². The van der Waals surface area contributed by atoms with Gasteiger partial charge in [0.25, 0.3) is 0 Å². The number of carbonyl (C=O) groups is 3. The van der Waals surface area contributed by atoms with Crippen molar-refractivity contribution < 1.29 is 29.0 Å². The maximum Gasteiger partial charge on any atom is 2.00 e. The van der Waals surface area contributed by atoms with Gasteiger partial charge in [0.15, 0.2) is 5.78 Å². The standard InChI is InChI=1S/C55H77N4O6.Mg/c1-13-39-34(7)41-29-46-48(38(11)60)36(9)43(57-46)27-42-35(8)40(52(58-42)50-51(55(63)64-12)54(62)49-37(10)44(59-53(49)50)28-45(39)56-41)23-24-47(61)65-26-25-33(6)22-16-21-32(5)20-15-19-31(4)18-14-17-30(2)3;/h25,27-32,34-35,38-40,51,60H,13-24,26H2,1-12H3,(H-,58,59,62);/q-3;+2/p-1/b33-25+,41-29-,42-27-,45-28-;. The van der Waals surface area contributed by atoms with E-state index in [9.17, 15) is 19.5 Å². The number of methoxy groups -OCH3 is 1. The van der Waals surface area contributed by atoms with E-state index >= 15 is 0 Å². The molecule has 66 heavy (non-hydrogen) atoms. The summed E-state index contributed by atoms with van der Waals surface area (Å²) < 4.78 is 11.1. The zero-order valence-electron chi connectivity index (χ0n) is 42.2. The van der Waals surface area contributed by atoms with E-state index in [0.717, 1.165) is 53.6 Å². The van der Waals surface area contributed by atoms with E-state index in [1.54, 1.807) is 6.92 Å². The quantitative estimate of drug-likeness (QED) is 0.0598. The van der Waals surface area contributed by atoms with Gasteiger partial charge in [0, 0.05) is 12.0 Å². The van der Waals surface area contributed by atoms with Gasteiger partial charge in [-0.25, -0.2) is 0 Å².